The summed E-state index contributed by atoms with van der Waals surface area (Å²) in [4.78, 5) is 28.6. The molecule has 5 heterocycles. The number of aryl methyl sites for hydroxylation is 1. The lowest BCUT2D eigenvalue weighted by Crippen LogP contribution is -2.24. The van der Waals surface area contributed by atoms with Gasteiger partial charge in [0.15, 0.2) is 5.01 Å². The molecule has 1 aliphatic heterocycles. The first kappa shape index (κ1) is 20.3. The van der Waals surface area contributed by atoms with E-state index in [4.69, 9.17) is 0 Å². The Bertz CT molecular complexity index is 1350. The summed E-state index contributed by atoms with van der Waals surface area (Å²) in [6, 6.07) is 9.16. The van der Waals surface area contributed by atoms with Crippen LogP contribution in [0.2, 0.25) is 0 Å². The maximum Gasteiger partial charge on any atom is 0.256 e. The fourth-order valence-electron chi connectivity index (χ4n) is 3.54. The highest BCUT2D eigenvalue weighted by Crippen LogP contribution is 2.25. The molecule has 0 saturated carbocycles. The summed E-state index contributed by atoms with van der Waals surface area (Å²) in [6.07, 6.45) is 6.47. The molecule has 0 unspecified atom stereocenters. The molecule has 0 aliphatic carbocycles. The monoisotopic (exact) mass is 443 g/mol. The summed E-state index contributed by atoms with van der Waals surface area (Å²) in [5.41, 5.74) is 4.04. The first-order valence-electron chi connectivity index (χ1n) is 10.3. The SMILES string of the molecule is Cc1nnc(-c2ccc3cnc(NC(=O)c4ccnc(C5=CCN(C)CC5)c4)cc3n2)s1. The molecule has 1 aliphatic rings. The molecule has 0 bridgehead atoms. The third-order valence-electron chi connectivity index (χ3n) is 5.32. The number of amides is 1. The van der Waals surface area contributed by atoms with Crippen molar-refractivity contribution in [3.8, 4) is 10.7 Å². The van der Waals surface area contributed by atoms with Crippen molar-refractivity contribution >= 4 is 39.5 Å². The Kier molecular flexibility index (Phi) is 5.42. The van der Waals surface area contributed by atoms with Crippen molar-refractivity contribution < 1.29 is 4.79 Å². The molecule has 1 N–H and O–H groups in total. The molecule has 5 rings (SSSR count). The zero-order valence-electron chi connectivity index (χ0n) is 17.7. The largest absolute Gasteiger partial charge is 0.306 e. The van der Waals surface area contributed by atoms with Gasteiger partial charge in [-0.1, -0.05) is 17.4 Å². The van der Waals surface area contributed by atoms with E-state index in [9.17, 15) is 4.79 Å². The van der Waals surface area contributed by atoms with E-state index < -0.39 is 0 Å². The van der Waals surface area contributed by atoms with Gasteiger partial charge in [0.2, 0.25) is 0 Å². The Hall–Kier alpha value is -3.56. The molecular weight excluding hydrogens is 422 g/mol. The molecule has 0 saturated heterocycles. The fourth-order valence-corrected chi connectivity index (χ4v) is 4.20. The number of rotatable bonds is 4. The number of nitrogens with zero attached hydrogens (tertiary/aromatic N) is 6. The van der Waals surface area contributed by atoms with Crippen LogP contribution in [0.3, 0.4) is 0 Å². The summed E-state index contributed by atoms with van der Waals surface area (Å²) >= 11 is 1.49. The summed E-state index contributed by atoms with van der Waals surface area (Å²) in [6.45, 7) is 3.78. The minimum absolute atomic E-state index is 0.232. The second kappa shape index (κ2) is 8.52. The number of hydrogen-bond donors (Lipinski definition) is 1. The van der Waals surface area contributed by atoms with Gasteiger partial charge in [-0.2, -0.15) is 0 Å². The third kappa shape index (κ3) is 4.25. The second-order valence-electron chi connectivity index (χ2n) is 7.71. The van der Waals surface area contributed by atoms with Crippen LogP contribution in [0.1, 0.15) is 27.5 Å². The van der Waals surface area contributed by atoms with Crippen LogP contribution < -0.4 is 5.32 Å². The number of pyridine rings is 3. The van der Waals surface area contributed by atoms with Gasteiger partial charge < -0.3 is 10.2 Å². The maximum absolute atomic E-state index is 12.9. The van der Waals surface area contributed by atoms with Crippen LogP contribution in [-0.4, -0.2) is 56.1 Å². The lowest BCUT2D eigenvalue weighted by Gasteiger charge is -2.21. The van der Waals surface area contributed by atoms with Gasteiger partial charge in [0.05, 0.1) is 11.2 Å². The van der Waals surface area contributed by atoms with E-state index in [1.807, 2.05) is 25.1 Å². The summed E-state index contributed by atoms with van der Waals surface area (Å²) in [7, 11) is 2.09. The Morgan fingerprint density at radius 2 is 2.03 bits per heavy atom. The minimum atomic E-state index is -0.232. The van der Waals surface area contributed by atoms with Gasteiger partial charge >= 0.3 is 0 Å². The molecule has 9 heteroatoms. The zero-order chi connectivity index (χ0) is 22.1. The number of fused-ring (bicyclic) bond motifs is 1. The predicted octanol–water partition coefficient (Wildman–Crippen LogP) is 3.82. The quantitative estimate of drug-likeness (QED) is 0.512. The average Bonchev–Trinajstić information content (AvgIpc) is 3.25. The second-order valence-corrected chi connectivity index (χ2v) is 8.89. The van der Waals surface area contributed by atoms with E-state index in [0.29, 0.717) is 11.4 Å². The molecule has 0 radical (unpaired) electrons. The van der Waals surface area contributed by atoms with Gasteiger partial charge in [0.1, 0.15) is 16.5 Å². The highest BCUT2D eigenvalue weighted by Gasteiger charge is 2.14. The van der Waals surface area contributed by atoms with Crippen LogP contribution >= 0.6 is 11.3 Å². The van der Waals surface area contributed by atoms with Crippen molar-refractivity contribution in [2.75, 3.05) is 25.5 Å². The smallest absolute Gasteiger partial charge is 0.256 e. The molecule has 1 amide bonds. The molecule has 0 atom stereocenters. The first-order chi connectivity index (χ1) is 15.5. The van der Waals surface area contributed by atoms with Crippen molar-refractivity contribution in [2.24, 2.45) is 0 Å². The lowest BCUT2D eigenvalue weighted by atomic mass is 10.0. The van der Waals surface area contributed by atoms with Crippen LogP contribution in [0, 0.1) is 6.92 Å². The zero-order valence-corrected chi connectivity index (χ0v) is 18.6. The Labute approximate surface area is 189 Å². The highest BCUT2D eigenvalue weighted by molar-refractivity contribution is 7.14. The van der Waals surface area contributed by atoms with E-state index in [2.05, 4.69) is 48.5 Å². The summed E-state index contributed by atoms with van der Waals surface area (Å²) in [5, 5.41) is 13.6. The summed E-state index contributed by atoms with van der Waals surface area (Å²) < 4.78 is 0. The topological polar surface area (TPSA) is 96.8 Å². The average molecular weight is 444 g/mol. The molecule has 4 aromatic heterocycles. The van der Waals surface area contributed by atoms with Gasteiger partial charge in [0.25, 0.3) is 5.91 Å². The maximum atomic E-state index is 12.9. The molecule has 32 heavy (non-hydrogen) atoms. The Balaban J connectivity index is 1.38. The van der Waals surface area contributed by atoms with Crippen molar-refractivity contribution in [3.63, 3.8) is 0 Å². The van der Waals surface area contributed by atoms with Crippen molar-refractivity contribution in [1.82, 2.24) is 30.0 Å². The number of hydrogen-bond acceptors (Lipinski definition) is 8. The van der Waals surface area contributed by atoms with Crippen LogP contribution in [0.25, 0.3) is 27.2 Å². The normalized spacial score (nSPS) is 14.4. The van der Waals surface area contributed by atoms with Gasteiger partial charge in [-0.05, 0) is 50.2 Å². The molecule has 0 spiro atoms. The van der Waals surface area contributed by atoms with Gasteiger partial charge in [-0.15, -0.1) is 10.2 Å². The minimum Gasteiger partial charge on any atom is -0.306 e. The lowest BCUT2D eigenvalue weighted by molar-refractivity contribution is 0.102. The van der Waals surface area contributed by atoms with E-state index in [1.165, 1.54) is 16.9 Å². The third-order valence-corrected chi connectivity index (χ3v) is 6.18. The molecule has 8 nitrogen and oxygen atoms in total. The Morgan fingerprint density at radius 1 is 1.12 bits per heavy atom. The van der Waals surface area contributed by atoms with E-state index in [1.54, 1.807) is 24.5 Å². The van der Waals surface area contributed by atoms with Gasteiger partial charge in [-0.25, -0.2) is 9.97 Å². The van der Waals surface area contributed by atoms with Gasteiger partial charge in [-0.3, -0.25) is 9.78 Å². The number of anilines is 1. The summed E-state index contributed by atoms with van der Waals surface area (Å²) in [5.74, 6) is 0.211. The Morgan fingerprint density at radius 3 is 2.81 bits per heavy atom. The van der Waals surface area contributed by atoms with E-state index >= 15 is 0 Å². The number of aromatic nitrogens is 5. The van der Waals surface area contributed by atoms with E-state index in [0.717, 1.165) is 51.8 Å². The molecule has 4 aromatic rings. The predicted molar refractivity (Wildman–Crippen MR) is 125 cm³/mol. The molecular formula is C23H21N7OS. The molecule has 0 aromatic carbocycles. The van der Waals surface area contributed by atoms with Crippen molar-refractivity contribution in [1.29, 1.82) is 0 Å². The molecule has 160 valence electrons. The number of carbonyl (C=O) groups is 1. The highest BCUT2D eigenvalue weighted by atomic mass is 32.1. The van der Waals surface area contributed by atoms with Crippen molar-refractivity contribution in [2.45, 2.75) is 13.3 Å². The van der Waals surface area contributed by atoms with Crippen LogP contribution in [0.5, 0.6) is 0 Å². The van der Waals surface area contributed by atoms with Gasteiger partial charge in [0, 0.05) is 42.5 Å². The standard InChI is InChI=1S/C23H21N7OS/c1-14-28-29-23(32-14)18-4-3-17-13-25-21(12-20(17)26-18)27-22(31)16-5-8-24-19(11-16)15-6-9-30(2)10-7-15/h3-6,8,11-13H,7,9-10H2,1-2H3,(H,25,27,31). The van der Waals surface area contributed by atoms with E-state index in [-0.39, 0.29) is 5.91 Å². The van der Waals surface area contributed by atoms with Crippen molar-refractivity contribution in [3.05, 3.63) is 65.1 Å². The van der Waals surface area contributed by atoms with Crippen LogP contribution in [0.4, 0.5) is 5.82 Å². The molecule has 0 fully saturated rings. The number of likely N-dealkylation sites (N-methyl/N-ethyl adjacent to an activating group) is 1. The fraction of sp³-hybridized carbons (Fsp3) is 0.217. The number of carbonyl (C=O) groups excluding carboxylic acids is 1. The first-order valence-corrected chi connectivity index (χ1v) is 11.1. The van der Waals surface area contributed by atoms with Crippen LogP contribution in [-0.2, 0) is 0 Å². The van der Waals surface area contributed by atoms with Crippen LogP contribution in [0.15, 0.2) is 48.8 Å². The number of nitrogens with one attached hydrogen (secondary N) is 1.